The molecule has 0 amide bonds. The third-order valence-corrected chi connectivity index (χ3v) is 6.71. The standard InChI is InChI=1S/C29H39N3O5/c1-22-14-23(2)24(3)27(15-22)37-20-29(33)18-32(11-13-35-19-29)17-25-6-7-26(28(16-25)34-4)36-12-5-9-31-10-8-30-21-31/h6-8,10,14-16,21,33H,5,9,11-13,17-20H2,1-4H3/t29-/m0/s1. The molecule has 1 atom stereocenters. The molecule has 8 heteroatoms. The number of aryl methyl sites for hydroxylation is 3. The molecule has 200 valence electrons. The van der Waals surface area contributed by atoms with E-state index in [-0.39, 0.29) is 13.2 Å². The van der Waals surface area contributed by atoms with Crippen LogP contribution >= 0.6 is 0 Å². The summed E-state index contributed by atoms with van der Waals surface area (Å²) in [5.74, 6) is 2.24. The highest BCUT2D eigenvalue weighted by Gasteiger charge is 2.34. The van der Waals surface area contributed by atoms with Gasteiger partial charge in [-0.2, -0.15) is 0 Å². The molecular formula is C29H39N3O5. The van der Waals surface area contributed by atoms with Gasteiger partial charge < -0.3 is 28.6 Å². The van der Waals surface area contributed by atoms with Crippen molar-refractivity contribution in [3.05, 3.63) is 71.3 Å². The Balaban J connectivity index is 1.34. The maximum absolute atomic E-state index is 11.4. The van der Waals surface area contributed by atoms with E-state index in [2.05, 4.69) is 29.8 Å². The number of hydrogen-bond donors (Lipinski definition) is 1. The van der Waals surface area contributed by atoms with Crippen LogP contribution in [-0.4, -0.2) is 71.8 Å². The lowest BCUT2D eigenvalue weighted by Crippen LogP contribution is -2.48. The van der Waals surface area contributed by atoms with Crippen molar-refractivity contribution in [2.45, 2.75) is 45.9 Å². The van der Waals surface area contributed by atoms with Crippen molar-refractivity contribution >= 4 is 0 Å². The van der Waals surface area contributed by atoms with Crippen molar-refractivity contribution < 1.29 is 24.1 Å². The van der Waals surface area contributed by atoms with Crippen LogP contribution < -0.4 is 14.2 Å². The predicted octanol–water partition coefficient (Wildman–Crippen LogP) is 3.93. The van der Waals surface area contributed by atoms with E-state index in [0.29, 0.717) is 32.1 Å². The molecule has 0 bridgehead atoms. The van der Waals surface area contributed by atoms with Crippen LogP contribution in [0.15, 0.2) is 49.1 Å². The highest BCUT2D eigenvalue weighted by Crippen LogP contribution is 2.30. The van der Waals surface area contributed by atoms with Gasteiger partial charge in [0.1, 0.15) is 18.0 Å². The van der Waals surface area contributed by atoms with Crippen LogP contribution in [0.5, 0.6) is 17.2 Å². The zero-order valence-corrected chi connectivity index (χ0v) is 22.4. The third kappa shape index (κ3) is 7.47. The van der Waals surface area contributed by atoms with Gasteiger partial charge in [0.05, 0.1) is 33.3 Å². The van der Waals surface area contributed by atoms with Gasteiger partial charge >= 0.3 is 0 Å². The minimum Gasteiger partial charge on any atom is -0.493 e. The predicted molar refractivity (Wildman–Crippen MR) is 143 cm³/mol. The Morgan fingerprint density at radius 2 is 1.95 bits per heavy atom. The Morgan fingerprint density at radius 3 is 2.73 bits per heavy atom. The Labute approximate surface area is 219 Å². The van der Waals surface area contributed by atoms with Gasteiger partial charge in [0.15, 0.2) is 11.5 Å². The third-order valence-electron chi connectivity index (χ3n) is 6.71. The lowest BCUT2D eigenvalue weighted by molar-refractivity contribution is -0.0648. The molecule has 3 aromatic rings. The quantitative estimate of drug-likeness (QED) is 0.393. The fraction of sp³-hybridized carbons (Fsp3) is 0.483. The molecule has 2 heterocycles. The minimum atomic E-state index is -1.11. The number of aromatic nitrogens is 2. The molecule has 37 heavy (non-hydrogen) atoms. The number of β-amino-alcohol motifs (C(OH)–C–C–N with tert-alkyl or cyclic N) is 1. The van der Waals surface area contributed by atoms with Gasteiger partial charge in [-0.25, -0.2) is 4.98 Å². The molecule has 1 N–H and O–H groups in total. The molecule has 1 aliphatic rings. The van der Waals surface area contributed by atoms with Gasteiger partial charge in [-0.15, -0.1) is 0 Å². The van der Waals surface area contributed by atoms with Gasteiger partial charge in [0, 0.05) is 38.6 Å². The molecule has 0 aliphatic carbocycles. The van der Waals surface area contributed by atoms with E-state index in [0.717, 1.165) is 47.7 Å². The first-order valence-corrected chi connectivity index (χ1v) is 12.8. The van der Waals surface area contributed by atoms with Crippen LogP contribution in [-0.2, 0) is 17.8 Å². The Bertz CT molecular complexity index is 1150. The molecule has 1 fully saturated rings. The van der Waals surface area contributed by atoms with E-state index < -0.39 is 5.60 Å². The van der Waals surface area contributed by atoms with E-state index in [1.807, 2.05) is 42.0 Å². The number of rotatable bonds is 11. The van der Waals surface area contributed by atoms with Crippen LogP contribution in [0.2, 0.25) is 0 Å². The smallest absolute Gasteiger partial charge is 0.161 e. The maximum atomic E-state index is 11.4. The number of ether oxygens (including phenoxy) is 4. The van der Waals surface area contributed by atoms with Gasteiger partial charge in [-0.05, 0) is 67.6 Å². The van der Waals surface area contributed by atoms with Crippen molar-refractivity contribution in [1.82, 2.24) is 14.5 Å². The molecule has 0 spiro atoms. The van der Waals surface area contributed by atoms with Crippen LogP contribution in [0.4, 0.5) is 0 Å². The number of aliphatic hydroxyl groups is 1. The molecule has 1 aliphatic heterocycles. The number of hydrogen-bond acceptors (Lipinski definition) is 7. The highest BCUT2D eigenvalue weighted by molar-refractivity contribution is 5.43. The summed E-state index contributed by atoms with van der Waals surface area (Å²) < 4.78 is 25.5. The van der Waals surface area contributed by atoms with E-state index in [4.69, 9.17) is 18.9 Å². The molecule has 8 nitrogen and oxygen atoms in total. The second kappa shape index (κ2) is 12.4. The second-order valence-electron chi connectivity index (χ2n) is 9.97. The molecule has 0 saturated carbocycles. The Kier molecular flexibility index (Phi) is 9.08. The SMILES string of the molecule is COc1cc(CN2CCOC[C@](O)(COc3cc(C)cc(C)c3C)C2)ccc1OCCCn1ccnc1. The van der Waals surface area contributed by atoms with Crippen LogP contribution in [0.3, 0.4) is 0 Å². The van der Waals surface area contributed by atoms with Gasteiger partial charge in [0.2, 0.25) is 0 Å². The first-order chi connectivity index (χ1) is 17.8. The lowest BCUT2D eigenvalue weighted by Gasteiger charge is -2.31. The van der Waals surface area contributed by atoms with Crippen molar-refractivity contribution in [2.75, 3.05) is 46.6 Å². The summed E-state index contributed by atoms with van der Waals surface area (Å²) in [6.07, 6.45) is 6.40. The average Bonchev–Trinajstić information content (AvgIpc) is 3.33. The summed E-state index contributed by atoms with van der Waals surface area (Å²) in [4.78, 5) is 6.26. The summed E-state index contributed by atoms with van der Waals surface area (Å²) in [5, 5.41) is 11.4. The van der Waals surface area contributed by atoms with E-state index >= 15 is 0 Å². The topological polar surface area (TPSA) is 78.2 Å². The minimum absolute atomic E-state index is 0.169. The molecule has 1 saturated heterocycles. The highest BCUT2D eigenvalue weighted by atomic mass is 16.5. The summed E-state index contributed by atoms with van der Waals surface area (Å²) in [7, 11) is 1.66. The second-order valence-corrected chi connectivity index (χ2v) is 9.97. The van der Waals surface area contributed by atoms with Crippen molar-refractivity contribution in [3.8, 4) is 17.2 Å². The molecule has 0 unspecified atom stereocenters. The number of benzene rings is 2. The Hall–Kier alpha value is -3.07. The van der Waals surface area contributed by atoms with Gasteiger partial charge in [-0.1, -0.05) is 12.1 Å². The van der Waals surface area contributed by atoms with E-state index in [1.165, 1.54) is 5.56 Å². The van der Waals surface area contributed by atoms with Crippen molar-refractivity contribution in [1.29, 1.82) is 0 Å². The zero-order valence-electron chi connectivity index (χ0n) is 22.4. The average molecular weight is 510 g/mol. The normalized spacial score (nSPS) is 18.4. The fourth-order valence-electron chi connectivity index (χ4n) is 4.62. The Morgan fingerprint density at radius 1 is 1.08 bits per heavy atom. The van der Waals surface area contributed by atoms with Crippen LogP contribution in [0.1, 0.15) is 28.7 Å². The summed E-state index contributed by atoms with van der Waals surface area (Å²) in [5.41, 5.74) is 3.39. The number of imidazole rings is 1. The zero-order chi connectivity index (χ0) is 26.3. The summed E-state index contributed by atoms with van der Waals surface area (Å²) in [6, 6.07) is 10.2. The number of methoxy groups -OCH3 is 1. The van der Waals surface area contributed by atoms with Gasteiger partial charge in [0.25, 0.3) is 0 Å². The fourth-order valence-corrected chi connectivity index (χ4v) is 4.62. The van der Waals surface area contributed by atoms with Crippen molar-refractivity contribution in [2.24, 2.45) is 0 Å². The monoisotopic (exact) mass is 509 g/mol. The summed E-state index contributed by atoms with van der Waals surface area (Å²) in [6.45, 7) is 10.4. The lowest BCUT2D eigenvalue weighted by atomic mass is 10.0. The molecule has 1 aromatic heterocycles. The first-order valence-electron chi connectivity index (χ1n) is 12.8. The van der Waals surface area contributed by atoms with E-state index in [1.54, 1.807) is 19.6 Å². The first kappa shape index (κ1) is 27.0. The molecule has 4 rings (SSSR count). The molecular weight excluding hydrogens is 470 g/mol. The molecule has 2 aromatic carbocycles. The van der Waals surface area contributed by atoms with E-state index in [9.17, 15) is 5.11 Å². The van der Waals surface area contributed by atoms with Crippen molar-refractivity contribution in [3.63, 3.8) is 0 Å². The van der Waals surface area contributed by atoms with Crippen LogP contribution in [0, 0.1) is 20.8 Å². The summed E-state index contributed by atoms with van der Waals surface area (Å²) >= 11 is 0. The maximum Gasteiger partial charge on any atom is 0.161 e. The van der Waals surface area contributed by atoms with Gasteiger partial charge in [-0.3, -0.25) is 4.90 Å². The molecule has 0 radical (unpaired) electrons. The largest absolute Gasteiger partial charge is 0.493 e. The number of nitrogens with zero attached hydrogens (tertiary/aromatic N) is 3. The van der Waals surface area contributed by atoms with Crippen LogP contribution in [0.25, 0.3) is 0 Å².